The average Bonchev–Trinajstić information content (AvgIpc) is 3.14. The van der Waals surface area contributed by atoms with E-state index in [9.17, 15) is 9.50 Å². The van der Waals surface area contributed by atoms with Gasteiger partial charge in [0.25, 0.3) is 0 Å². The summed E-state index contributed by atoms with van der Waals surface area (Å²) in [5, 5.41) is 10.5. The third-order valence-corrected chi connectivity index (χ3v) is 4.25. The normalized spacial score (nSPS) is 12.3. The number of furan rings is 1. The smallest absolute Gasteiger partial charge is 0.123 e. The minimum Gasteiger partial charge on any atom is -0.491 e. The number of rotatable bonds is 9. The van der Waals surface area contributed by atoms with Crippen molar-refractivity contribution in [1.29, 1.82) is 0 Å². The van der Waals surface area contributed by atoms with Gasteiger partial charge in [0.15, 0.2) is 0 Å². The largest absolute Gasteiger partial charge is 0.491 e. The maximum Gasteiger partial charge on any atom is 0.123 e. The number of para-hydroxylation sites is 1. The molecule has 0 aliphatic heterocycles. The molecular weight excluding hydrogens is 345 g/mol. The highest BCUT2D eigenvalue weighted by Crippen LogP contribution is 2.17. The Morgan fingerprint density at radius 2 is 1.93 bits per heavy atom. The topological polar surface area (TPSA) is 45.8 Å². The van der Waals surface area contributed by atoms with Crippen LogP contribution >= 0.6 is 0 Å². The van der Waals surface area contributed by atoms with E-state index in [2.05, 4.69) is 0 Å². The van der Waals surface area contributed by atoms with Gasteiger partial charge in [-0.15, -0.1) is 0 Å². The molecule has 1 N–H and O–H groups in total. The molecule has 2 aromatic carbocycles. The Morgan fingerprint density at radius 1 is 1.07 bits per heavy atom. The number of hydrogen-bond donors (Lipinski definition) is 1. The second kappa shape index (κ2) is 9.35. The van der Waals surface area contributed by atoms with E-state index in [1.165, 1.54) is 12.1 Å². The fourth-order valence-corrected chi connectivity index (χ4v) is 2.96. The number of benzene rings is 2. The minimum absolute atomic E-state index is 0.183. The Bertz CT molecular complexity index is 835. The Morgan fingerprint density at radius 3 is 2.67 bits per heavy atom. The first-order valence-corrected chi connectivity index (χ1v) is 8.96. The van der Waals surface area contributed by atoms with Crippen molar-refractivity contribution in [3.63, 3.8) is 0 Å². The molecule has 1 atom stereocenters. The van der Waals surface area contributed by atoms with E-state index in [1.807, 2.05) is 54.3 Å². The number of aryl methyl sites for hydroxylation is 1. The average molecular weight is 369 g/mol. The minimum atomic E-state index is -0.687. The molecule has 0 bridgehead atoms. The Balaban J connectivity index is 1.62. The van der Waals surface area contributed by atoms with E-state index < -0.39 is 6.10 Å². The number of aliphatic hydroxyl groups is 1. The van der Waals surface area contributed by atoms with Gasteiger partial charge in [0.1, 0.15) is 30.0 Å². The molecule has 0 fully saturated rings. The van der Waals surface area contributed by atoms with Gasteiger partial charge in [0.2, 0.25) is 0 Å². The lowest BCUT2D eigenvalue weighted by atomic mass is 10.2. The monoisotopic (exact) mass is 369 g/mol. The summed E-state index contributed by atoms with van der Waals surface area (Å²) in [5.74, 6) is 1.28. The van der Waals surface area contributed by atoms with Crippen molar-refractivity contribution < 1.29 is 18.7 Å². The van der Waals surface area contributed by atoms with Gasteiger partial charge in [-0.1, -0.05) is 30.3 Å². The van der Waals surface area contributed by atoms with Crippen LogP contribution in [0.5, 0.6) is 5.75 Å². The zero-order valence-corrected chi connectivity index (χ0v) is 15.3. The maximum atomic E-state index is 13.5. The second-order valence-electron chi connectivity index (χ2n) is 6.61. The summed E-state index contributed by atoms with van der Waals surface area (Å²) in [5.41, 5.74) is 1.87. The van der Waals surface area contributed by atoms with Gasteiger partial charge >= 0.3 is 0 Å². The molecule has 3 aromatic rings. The van der Waals surface area contributed by atoms with E-state index in [1.54, 1.807) is 12.3 Å². The number of ether oxygens (including phenoxy) is 1. The van der Waals surface area contributed by atoms with Crippen LogP contribution in [0.15, 0.2) is 71.3 Å². The third-order valence-electron chi connectivity index (χ3n) is 4.25. The number of aliphatic hydroxyl groups excluding tert-OH is 1. The molecule has 0 unspecified atom stereocenters. The fraction of sp³-hybridized carbons (Fsp3) is 0.273. The van der Waals surface area contributed by atoms with E-state index in [4.69, 9.17) is 9.15 Å². The Hall–Kier alpha value is -2.63. The Labute approximate surface area is 158 Å². The molecule has 0 saturated carbocycles. The second-order valence-corrected chi connectivity index (χ2v) is 6.61. The lowest BCUT2D eigenvalue weighted by Crippen LogP contribution is -2.35. The van der Waals surface area contributed by atoms with Gasteiger partial charge in [-0.05, 0) is 48.4 Å². The molecule has 0 saturated heterocycles. The Kier molecular flexibility index (Phi) is 6.63. The van der Waals surface area contributed by atoms with Crippen molar-refractivity contribution in [2.24, 2.45) is 0 Å². The maximum absolute atomic E-state index is 13.5. The highest BCUT2D eigenvalue weighted by atomic mass is 19.1. The molecule has 142 valence electrons. The number of halogens is 1. The lowest BCUT2D eigenvalue weighted by Gasteiger charge is -2.24. The fourth-order valence-electron chi connectivity index (χ4n) is 2.96. The molecule has 1 aromatic heterocycles. The third kappa shape index (κ3) is 5.94. The summed E-state index contributed by atoms with van der Waals surface area (Å²) in [6, 6.07) is 17.9. The van der Waals surface area contributed by atoms with Gasteiger partial charge in [0.05, 0.1) is 12.8 Å². The summed E-state index contributed by atoms with van der Waals surface area (Å²) >= 11 is 0. The van der Waals surface area contributed by atoms with Crippen LogP contribution in [0.4, 0.5) is 4.39 Å². The zero-order valence-electron chi connectivity index (χ0n) is 15.3. The highest BCUT2D eigenvalue weighted by Gasteiger charge is 2.15. The first-order valence-electron chi connectivity index (χ1n) is 8.96. The molecule has 3 rings (SSSR count). The van der Waals surface area contributed by atoms with E-state index in [0.29, 0.717) is 19.6 Å². The summed E-state index contributed by atoms with van der Waals surface area (Å²) in [6.07, 6.45) is 0.932. The van der Waals surface area contributed by atoms with Crippen molar-refractivity contribution in [2.75, 3.05) is 13.2 Å². The summed E-state index contributed by atoms with van der Waals surface area (Å²) in [4.78, 5) is 2.01. The van der Waals surface area contributed by atoms with Gasteiger partial charge < -0.3 is 14.3 Å². The van der Waals surface area contributed by atoms with Crippen LogP contribution in [0.2, 0.25) is 0 Å². The van der Waals surface area contributed by atoms with Crippen LogP contribution in [0.3, 0.4) is 0 Å². The molecule has 1 heterocycles. The number of hydrogen-bond acceptors (Lipinski definition) is 4. The van der Waals surface area contributed by atoms with Crippen LogP contribution in [0.25, 0.3) is 0 Å². The van der Waals surface area contributed by atoms with E-state index in [-0.39, 0.29) is 12.4 Å². The van der Waals surface area contributed by atoms with Gasteiger partial charge in [-0.2, -0.15) is 0 Å². The van der Waals surface area contributed by atoms with Crippen molar-refractivity contribution in [3.05, 3.63) is 89.6 Å². The molecule has 0 aliphatic carbocycles. The van der Waals surface area contributed by atoms with Crippen LogP contribution in [-0.4, -0.2) is 29.3 Å². The van der Waals surface area contributed by atoms with Gasteiger partial charge in [-0.25, -0.2) is 4.39 Å². The molecule has 0 amide bonds. The predicted molar refractivity (Wildman–Crippen MR) is 102 cm³/mol. The van der Waals surface area contributed by atoms with Crippen LogP contribution < -0.4 is 4.74 Å². The van der Waals surface area contributed by atoms with Crippen molar-refractivity contribution in [2.45, 2.75) is 26.1 Å². The summed E-state index contributed by atoms with van der Waals surface area (Å²) in [7, 11) is 0. The molecule has 0 radical (unpaired) electrons. The molecule has 5 heteroatoms. The van der Waals surface area contributed by atoms with Gasteiger partial charge in [-0.3, -0.25) is 4.90 Å². The standard InChI is InChI=1S/C22H24FNO3/c1-17-6-2-3-10-22(17)27-16-20(25)14-24(15-21-9-5-11-26-21)13-18-7-4-8-19(23)12-18/h2-12,20,25H,13-16H2,1H3/t20-/m1/s1. The zero-order chi connectivity index (χ0) is 19.1. The predicted octanol–water partition coefficient (Wildman–Crippen LogP) is 4.17. The highest BCUT2D eigenvalue weighted by molar-refractivity contribution is 5.31. The van der Waals surface area contributed by atoms with Crippen molar-refractivity contribution in [3.8, 4) is 5.75 Å². The SMILES string of the molecule is Cc1ccccc1OC[C@H](O)CN(Cc1cccc(F)c1)Cc1ccco1. The van der Waals surface area contributed by atoms with Crippen LogP contribution in [0.1, 0.15) is 16.9 Å². The van der Waals surface area contributed by atoms with E-state index >= 15 is 0 Å². The lowest BCUT2D eigenvalue weighted by molar-refractivity contribution is 0.0602. The first kappa shape index (κ1) is 19.1. The first-order chi connectivity index (χ1) is 13.1. The quantitative estimate of drug-likeness (QED) is 0.615. The molecular formula is C22H24FNO3. The number of nitrogens with zero attached hydrogens (tertiary/aromatic N) is 1. The molecule has 4 nitrogen and oxygen atoms in total. The van der Waals surface area contributed by atoms with Crippen molar-refractivity contribution >= 4 is 0 Å². The molecule has 27 heavy (non-hydrogen) atoms. The van der Waals surface area contributed by atoms with Crippen LogP contribution in [-0.2, 0) is 13.1 Å². The summed E-state index contributed by atoms with van der Waals surface area (Å²) < 4.78 is 24.7. The van der Waals surface area contributed by atoms with Gasteiger partial charge in [0, 0.05) is 13.1 Å². The van der Waals surface area contributed by atoms with Crippen LogP contribution in [0, 0.1) is 12.7 Å². The summed E-state index contributed by atoms with van der Waals surface area (Å²) in [6.45, 7) is 3.55. The van der Waals surface area contributed by atoms with E-state index in [0.717, 1.165) is 22.6 Å². The van der Waals surface area contributed by atoms with Crippen molar-refractivity contribution in [1.82, 2.24) is 4.90 Å². The molecule has 0 aliphatic rings. The molecule has 0 spiro atoms.